The normalized spacial score (nSPS) is 19.8. The van der Waals surface area contributed by atoms with Gasteiger partial charge in [0, 0.05) is 64.9 Å². The molecule has 3 heterocycles. The molecule has 26 heavy (non-hydrogen) atoms. The van der Waals surface area contributed by atoms with Gasteiger partial charge in [-0.1, -0.05) is 6.07 Å². The highest BCUT2D eigenvalue weighted by molar-refractivity contribution is 5.38. The van der Waals surface area contributed by atoms with Crippen LogP contribution in [0.3, 0.4) is 0 Å². The highest BCUT2D eigenvalue weighted by Crippen LogP contribution is 2.31. The van der Waals surface area contributed by atoms with E-state index in [1.807, 2.05) is 31.9 Å². The molecule has 0 aliphatic carbocycles. The van der Waals surface area contributed by atoms with E-state index in [1.165, 1.54) is 11.1 Å². The lowest BCUT2D eigenvalue weighted by molar-refractivity contribution is 0.0979. The predicted octanol–water partition coefficient (Wildman–Crippen LogP) is 1.83. The Bertz CT molecular complexity index is 700. The average molecular weight is 359 g/mol. The Kier molecular flexibility index (Phi) is 6.24. The highest BCUT2D eigenvalue weighted by Gasteiger charge is 2.31. The number of pyridine rings is 1. The van der Waals surface area contributed by atoms with Crippen LogP contribution in [0.4, 0.5) is 5.82 Å². The van der Waals surface area contributed by atoms with E-state index in [1.54, 1.807) is 7.11 Å². The van der Waals surface area contributed by atoms with Crippen LogP contribution in [0.1, 0.15) is 29.3 Å². The first-order valence-corrected chi connectivity index (χ1v) is 9.08. The number of aryl methyl sites for hydroxylation is 2. The van der Waals surface area contributed by atoms with Crippen LogP contribution in [0.15, 0.2) is 24.5 Å². The van der Waals surface area contributed by atoms with Gasteiger partial charge in [0.05, 0.1) is 12.3 Å². The summed E-state index contributed by atoms with van der Waals surface area (Å²) in [6.45, 7) is 5.11. The molecule has 0 aromatic carbocycles. The van der Waals surface area contributed by atoms with E-state index in [2.05, 4.69) is 38.6 Å². The Morgan fingerprint density at radius 1 is 1.42 bits per heavy atom. The van der Waals surface area contributed by atoms with Crippen molar-refractivity contribution in [3.63, 3.8) is 0 Å². The molecular weight excluding hydrogens is 330 g/mol. The van der Waals surface area contributed by atoms with Crippen LogP contribution in [-0.4, -0.2) is 54.7 Å². The molecule has 0 spiro atoms. The molecule has 0 radical (unpaired) electrons. The highest BCUT2D eigenvalue weighted by atomic mass is 16.5. The Balaban J connectivity index is 1.57. The smallest absolute Gasteiger partial charge is 0.128 e. The molecule has 0 saturated carbocycles. The number of methoxy groups -OCH3 is 1. The first kappa shape index (κ1) is 18.8. The molecule has 0 unspecified atom stereocenters. The molecule has 0 amide bonds. The van der Waals surface area contributed by atoms with Crippen LogP contribution in [-0.2, 0) is 23.1 Å². The molecule has 2 aromatic rings. The second-order valence-electron chi connectivity index (χ2n) is 6.85. The Labute approximate surface area is 155 Å². The Hall–Kier alpha value is -1.96. The fourth-order valence-electron chi connectivity index (χ4n) is 3.34. The number of rotatable bonds is 8. The summed E-state index contributed by atoms with van der Waals surface area (Å²) in [5.41, 5.74) is 3.38. The fourth-order valence-corrected chi connectivity index (χ4v) is 3.34. The van der Waals surface area contributed by atoms with Crippen molar-refractivity contribution in [3.05, 3.63) is 41.3 Å². The minimum absolute atomic E-state index is 0.0658. The van der Waals surface area contributed by atoms with Gasteiger partial charge in [0.2, 0.25) is 0 Å². The quantitative estimate of drug-likeness (QED) is 0.776. The maximum atomic E-state index is 5.97. The predicted molar refractivity (Wildman–Crippen MR) is 101 cm³/mol. The summed E-state index contributed by atoms with van der Waals surface area (Å²) in [7, 11) is 5.68. The SMILES string of the molecule is COCCN(C)c1ccc(CN[C@H]2CCO[C@@H]2c2cn(C)nc2C)cn1. The lowest BCUT2D eigenvalue weighted by Crippen LogP contribution is -2.31. The van der Waals surface area contributed by atoms with E-state index in [0.29, 0.717) is 12.6 Å². The molecule has 2 aromatic heterocycles. The number of ether oxygens (including phenoxy) is 2. The summed E-state index contributed by atoms with van der Waals surface area (Å²) >= 11 is 0. The molecule has 0 bridgehead atoms. The summed E-state index contributed by atoms with van der Waals surface area (Å²) in [4.78, 5) is 6.65. The summed E-state index contributed by atoms with van der Waals surface area (Å²) in [5, 5.41) is 8.07. The van der Waals surface area contributed by atoms with Crippen LogP contribution in [0.2, 0.25) is 0 Å². The molecule has 1 aliphatic heterocycles. The third kappa shape index (κ3) is 4.41. The number of nitrogens with zero attached hydrogens (tertiary/aromatic N) is 4. The van der Waals surface area contributed by atoms with E-state index >= 15 is 0 Å². The number of nitrogens with one attached hydrogen (secondary N) is 1. The van der Waals surface area contributed by atoms with Gasteiger partial charge in [0.15, 0.2) is 0 Å². The van der Waals surface area contributed by atoms with Gasteiger partial charge in [-0.25, -0.2) is 4.98 Å². The van der Waals surface area contributed by atoms with Crippen LogP contribution in [0.5, 0.6) is 0 Å². The zero-order chi connectivity index (χ0) is 18.5. The van der Waals surface area contributed by atoms with Crippen molar-refractivity contribution >= 4 is 5.82 Å². The Morgan fingerprint density at radius 3 is 2.92 bits per heavy atom. The standard InChI is InChI=1S/C19H29N5O2/c1-14-16(13-24(3)22-14)19-17(7-9-26-19)20-11-15-5-6-18(21-12-15)23(2)8-10-25-4/h5-6,12-13,17,19-20H,7-11H2,1-4H3/t17-,19+/m0/s1. The van der Waals surface area contributed by atoms with Gasteiger partial charge >= 0.3 is 0 Å². The molecule has 3 rings (SSSR count). The third-order valence-electron chi connectivity index (χ3n) is 4.85. The van der Waals surface area contributed by atoms with Crippen molar-refractivity contribution in [1.29, 1.82) is 0 Å². The first-order valence-electron chi connectivity index (χ1n) is 9.08. The van der Waals surface area contributed by atoms with Gasteiger partial charge in [-0.05, 0) is 25.0 Å². The maximum absolute atomic E-state index is 5.97. The molecule has 142 valence electrons. The van der Waals surface area contributed by atoms with Gasteiger partial charge in [0.25, 0.3) is 0 Å². The summed E-state index contributed by atoms with van der Waals surface area (Å²) in [6, 6.07) is 4.47. The zero-order valence-corrected chi connectivity index (χ0v) is 16.1. The minimum atomic E-state index is 0.0658. The molecule has 7 heteroatoms. The van der Waals surface area contributed by atoms with Crippen molar-refractivity contribution in [2.24, 2.45) is 7.05 Å². The number of anilines is 1. The van der Waals surface area contributed by atoms with Gasteiger partial charge in [0.1, 0.15) is 11.9 Å². The zero-order valence-electron chi connectivity index (χ0n) is 16.1. The molecule has 1 fully saturated rings. The van der Waals surface area contributed by atoms with Crippen LogP contribution < -0.4 is 10.2 Å². The number of likely N-dealkylation sites (N-methyl/N-ethyl adjacent to an activating group) is 1. The van der Waals surface area contributed by atoms with Gasteiger partial charge in [-0.3, -0.25) is 4.68 Å². The molecule has 1 N–H and O–H groups in total. The topological polar surface area (TPSA) is 64.4 Å². The number of hydrogen-bond donors (Lipinski definition) is 1. The number of hydrogen-bond acceptors (Lipinski definition) is 6. The van der Waals surface area contributed by atoms with E-state index in [0.717, 1.165) is 37.6 Å². The fraction of sp³-hybridized carbons (Fsp3) is 0.579. The van der Waals surface area contributed by atoms with E-state index in [-0.39, 0.29) is 6.10 Å². The first-order chi connectivity index (χ1) is 12.6. The average Bonchev–Trinajstić information content (AvgIpc) is 3.23. The van der Waals surface area contributed by atoms with Crippen molar-refractivity contribution < 1.29 is 9.47 Å². The lowest BCUT2D eigenvalue weighted by atomic mass is 10.0. The van der Waals surface area contributed by atoms with Gasteiger partial charge in [-0.15, -0.1) is 0 Å². The minimum Gasteiger partial charge on any atom is -0.383 e. The summed E-state index contributed by atoms with van der Waals surface area (Å²) < 4.78 is 12.9. The van der Waals surface area contributed by atoms with E-state index < -0.39 is 0 Å². The van der Waals surface area contributed by atoms with Crippen molar-refractivity contribution in [2.45, 2.75) is 32.0 Å². The van der Waals surface area contributed by atoms with Crippen LogP contribution >= 0.6 is 0 Å². The van der Waals surface area contributed by atoms with Crippen molar-refractivity contribution in [3.8, 4) is 0 Å². The maximum Gasteiger partial charge on any atom is 0.128 e. The van der Waals surface area contributed by atoms with Crippen molar-refractivity contribution in [1.82, 2.24) is 20.1 Å². The number of aromatic nitrogens is 3. The summed E-state index contributed by atoms with van der Waals surface area (Å²) in [5.74, 6) is 0.957. The van der Waals surface area contributed by atoms with E-state index in [9.17, 15) is 0 Å². The lowest BCUT2D eigenvalue weighted by Gasteiger charge is -2.20. The molecule has 7 nitrogen and oxygen atoms in total. The molecule has 1 saturated heterocycles. The van der Waals surface area contributed by atoms with Gasteiger partial charge in [-0.2, -0.15) is 5.10 Å². The van der Waals surface area contributed by atoms with E-state index in [4.69, 9.17) is 9.47 Å². The summed E-state index contributed by atoms with van der Waals surface area (Å²) in [6.07, 6.45) is 5.07. The molecule has 1 aliphatic rings. The largest absolute Gasteiger partial charge is 0.383 e. The Morgan fingerprint density at radius 2 is 2.27 bits per heavy atom. The van der Waals surface area contributed by atoms with Crippen LogP contribution in [0, 0.1) is 6.92 Å². The second kappa shape index (κ2) is 8.62. The molecular formula is C19H29N5O2. The van der Waals surface area contributed by atoms with Crippen LogP contribution in [0.25, 0.3) is 0 Å². The second-order valence-corrected chi connectivity index (χ2v) is 6.85. The molecule has 2 atom stereocenters. The monoisotopic (exact) mass is 359 g/mol. The van der Waals surface area contributed by atoms with Gasteiger partial charge < -0.3 is 19.7 Å². The third-order valence-corrected chi connectivity index (χ3v) is 4.85. The van der Waals surface area contributed by atoms with Crippen molar-refractivity contribution in [2.75, 3.05) is 38.8 Å².